The molecule has 0 aliphatic carbocycles. The Morgan fingerprint density at radius 2 is 2.10 bits per heavy atom. The number of rotatable bonds is 7. The Balaban J connectivity index is 1.40. The number of amides is 1. The molecule has 0 spiro atoms. The highest BCUT2D eigenvalue weighted by atomic mass is 16.5. The molecule has 30 heavy (non-hydrogen) atoms. The van der Waals surface area contributed by atoms with E-state index in [1.54, 1.807) is 12.1 Å². The molecule has 0 saturated carbocycles. The number of H-pyrrole nitrogens is 1. The summed E-state index contributed by atoms with van der Waals surface area (Å²) in [6.45, 7) is 5.12. The van der Waals surface area contributed by atoms with Gasteiger partial charge in [0.05, 0.1) is 12.1 Å². The molecule has 4 rings (SSSR count). The largest absolute Gasteiger partial charge is 0.492 e. The second-order valence-electron chi connectivity index (χ2n) is 7.00. The number of fused-ring (bicyclic) bond motifs is 1. The molecule has 2 aromatic heterocycles. The summed E-state index contributed by atoms with van der Waals surface area (Å²) in [6.07, 6.45) is 0. The Hall–Kier alpha value is -4.06. The Kier molecular flexibility index (Phi) is 5.22. The number of pyridine rings is 1. The predicted octanol–water partition coefficient (Wildman–Crippen LogP) is 2.77. The lowest BCUT2D eigenvalue weighted by Gasteiger charge is -2.13. The van der Waals surface area contributed by atoms with E-state index >= 15 is 0 Å². The van der Waals surface area contributed by atoms with Gasteiger partial charge >= 0.3 is 0 Å². The van der Waals surface area contributed by atoms with Gasteiger partial charge in [-0.15, -0.1) is 0 Å². The van der Waals surface area contributed by atoms with E-state index in [-0.39, 0.29) is 5.91 Å². The number of aryl methyl sites for hydroxylation is 2. The first-order valence-corrected chi connectivity index (χ1v) is 9.52. The van der Waals surface area contributed by atoms with E-state index in [4.69, 9.17) is 4.74 Å². The molecule has 3 heterocycles. The average molecular weight is 403 g/mol. The lowest BCUT2D eigenvalue weighted by Crippen LogP contribution is -2.15. The van der Waals surface area contributed by atoms with E-state index in [9.17, 15) is 10.1 Å². The van der Waals surface area contributed by atoms with Crippen LogP contribution >= 0.6 is 0 Å². The third-order valence-electron chi connectivity index (χ3n) is 4.72. The van der Waals surface area contributed by atoms with Gasteiger partial charge in [-0.25, -0.2) is 4.98 Å². The van der Waals surface area contributed by atoms with Gasteiger partial charge in [0.1, 0.15) is 30.1 Å². The molecular formula is C21H21N7O2. The quantitative estimate of drug-likeness (QED) is 0.447. The number of nitrogens with zero attached hydrogens (tertiary/aromatic N) is 3. The highest BCUT2D eigenvalue weighted by molar-refractivity contribution is 5.98. The van der Waals surface area contributed by atoms with Gasteiger partial charge in [0.15, 0.2) is 5.82 Å². The molecule has 9 heteroatoms. The summed E-state index contributed by atoms with van der Waals surface area (Å²) in [5.41, 5.74) is 3.84. The Labute approximate surface area is 173 Å². The van der Waals surface area contributed by atoms with Crippen LogP contribution in [-0.4, -0.2) is 34.2 Å². The SMILES string of the molecule is Cc1cc(Nc2cc(C)c(C#N)c(NCCOc3ccc4c(c3)C(=O)NC4)n2)n[nH]1. The van der Waals surface area contributed by atoms with E-state index in [1.165, 1.54) is 0 Å². The van der Waals surface area contributed by atoms with Crippen LogP contribution in [0.15, 0.2) is 30.3 Å². The van der Waals surface area contributed by atoms with Crippen LogP contribution in [0.1, 0.15) is 32.7 Å². The summed E-state index contributed by atoms with van der Waals surface area (Å²) >= 11 is 0. The number of aromatic nitrogens is 3. The van der Waals surface area contributed by atoms with Crippen molar-refractivity contribution in [2.45, 2.75) is 20.4 Å². The summed E-state index contributed by atoms with van der Waals surface area (Å²) < 4.78 is 5.75. The van der Waals surface area contributed by atoms with Crippen molar-refractivity contribution >= 4 is 23.4 Å². The van der Waals surface area contributed by atoms with Crippen LogP contribution in [0.25, 0.3) is 0 Å². The molecule has 0 radical (unpaired) electrons. The summed E-state index contributed by atoms with van der Waals surface area (Å²) in [5.74, 6) is 2.26. The van der Waals surface area contributed by atoms with E-state index in [0.717, 1.165) is 16.8 Å². The number of carbonyl (C=O) groups excluding carboxylic acids is 1. The molecule has 0 fully saturated rings. The number of hydrogen-bond acceptors (Lipinski definition) is 7. The maximum absolute atomic E-state index is 11.8. The third-order valence-corrected chi connectivity index (χ3v) is 4.72. The van der Waals surface area contributed by atoms with Crippen molar-refractivity contribution in [1.29, 1.82) is 5.26 Å². The number of nitriles is 1. The van der Waals surface area contributed by atoms with Crippen LogP contribution in [0.4, 0.5) is 17.5 Å². The van der Waals surface area contributed by atoms with Crippen LogP contribution in [-0.2, 0) is 6.54 Å². The first-order chi connectivity index (χ1) is 14.5. The second kappa shape index (κ2) is 8.13. The number of benzene rings is 1. The number of hydrogen-bond donors (Lipinski definition) is 4. The Morgan fingerprint density at radius 1 is 1.23 bits per heavy atom. The van der Waals surface area contributed by atoms with Gasteiger partial charge in [0, 0.05) is 23.9 Å². The van der Waals surface area contributed by atoms with Gasteiger partial charge in [0.25, 0.3) is 5.91 Å². The molecule has 1 amide bonds. The zero-order valence-electron chi connectivity index (χ0n) is 16.7. The van der Waals surface area contributed by atoms with Crippen LogP contribution in [0.5, 0.6) is 5.75 Å². The van der Waals surface area contributed by atoms with Crippen molar-refractivity contribution in [1.82, 2.24) is 20.5 Å². The normalized spacial score (nSPS) is 12.1. The fourth-order valence-corrected chi connectivity index (χ4v) is 3.24. The topological polar surface area (TPSA) is 128 Å². The van der Waals surface area contributed by atoms with Gasteiger partial charge in [-0.3, -0.25) is 9.89 Å². The maximum atomic E-state index is 11.8. The van der Waals surface area contributed by atoms with E-state index in [1.807, 2.05) is 32.0 Å². The van der Waals surface area contributed by atoms with Crippen molar-refractivity contribution < 1.29 is 9.53 Å². The first kappa shape index (κ1) is 19.3. The minimum Gasteiger partial charge on any atom is -0.492 e. The second-order valence-corrected chi connectivity index (χ2v) is 7.00. The zero-order chi connectivity index (χ0) is 21.1. The van der Waals surface area contributed by atoms with Crippen LogP contribution < -0.4 is 20.7 Å². The van der Waals surface area contributed by atoms with Crippen molar-refractivity contribution in [2.75, 3.05) is 23.8 Å². The lowest BCUT2D eigenvalue weighted by molar-refractivity contribution is 0.0965. The highest BCUT2D eigenvalue weighted by Gasteiger charge is 2.19. The van der Waals surface area contributed by atoms with Gasteiger partial charge in [0.2, 0.25) is 0 Å². The third kappa shape index (κ3) is 4.03. The maximum Gasteiger partial charge on any atom is 0.252 e. The average Bonchev–Trinajstić information content (AvgIpc) is 3.30. The molecule has 0 atom stereocenters. The van der Waals surface area contributed by atoms with Crippen molar-refractivity contribution in [3.05, 3.63) is 58.3 Å². The molecular weight excluding hydrogens is 382 g/mol. The molecule has 0 bridgehead atoms. The number of aromatic amines is 1. The fourth-order valence-electron chi connectivity index (χ4n) is 3.24. The minimum atomic E-state index is -0.0802. The van der Waals surface area contributed by atoms with Gasteiger partial charge < -0.3 is 20.7 Å². The number of carbonyl (C=O) groups is 1. The summed E-state index contributed by atoms with van der Waals surface area (Å²) in [5, 5.41) is 25.6. The smallest absolute Gasteiger partial charge is 0.252 e. The molecule has 152 valence electrons. The Morgan fingerprint density at radius 3 is 2.87 bits per heavy atom. The van der Waals surface area contributed by atoms with Crippen LogP contribution in [0.3, 0.4) is 0 Å². The van der Waals surface area contributed by atoms with Gasteiger partial charge in [-0.2, -0.15) is 10.4 Å². The van der Waals surface area contributed by atoms with Gasteiger partial charge in [-0.05, 0) is 43.2 Å². The zero-order valence-corrected chi connectivity index (χ0v) is 16.7. The van der Waals surface area contributed by atoms with Gasteiger partial charge in [-0.1, -0.05) is 6.07 Å². The number of anilines is 3. The summed E-state index contributed by atoms with van der Waals surface area (Å²) in [6, 6.07) is 11.3. The minimum absolute atomic E-state index is 0.0802. The Bertz CT molecular complexity index is 1150. The summed E-state index contributed by atoms with van der Waals surface area (Å²) in [4.78, 5) is 16.3. The predicted molar refractivity (Wildman–Crippen MR) is 112 cm³/mol. The van der Waals surface area contributed by atoms with E-state index in [2.05, 4.69) is 37.2 Å². The number of ether oxygens (including phenoxy) is 1. The van der Waals surface area contributed by atoms with Crippen molar-refractivity contribution in [3.8, 4) is 11.8 Å². The number of nitrogens with one attached hydrogen (secondary N) is 4. The molecule has 0 saturated heterocycles. The highest BCUT2D eigenvalue weighted by Crippen LogP contribution is 2.23. The molecule has 9 nitrogen and oxygen atoms in total. The monoisotopic (exact) mass is 403 g/mol. The fraction of sp³-hybridized carbons (Fsp3) is 0.238. The van der Waals surface area contributed by atoms with Crippen LogP contribution in [0, 0.1) is 25.2 Å². The molecule has 1 aromatic carbocycles. The summed E-state index contributed by atoms with van der Waals surface area (Å²) in [7, 11) is 0. The molecule has 3 aromatic rings. The van der Waals surface area contributed by atoms with Crippen molar-refractivity contribution in [3.63, 3.8) is 0 Å². The molecule has 1 aliphatic rings. The molecule has 1 aliphatic heterocycles. The lowest BCUT2D eigenvalue weighted by atomic mass is 10.1. The van der Waals surface area contributed by atoms with E-state index in [0.29, 0.717) is 54.0 Å². The van der Waals surface area contributed by atoms with Crippen molar-refractivity contribution in [2.24, 2.45) is 0 Å². The standard InChI is InChI=1S/C21H21N7O2/c1-12-7-18(25-19-8-13(2)27-28-19)26-20(17(12)10-22)23-5-6-30-15-4-3-14-11-24-21(29)16(14)9-15/h3-4,7-9H,5-6,11H2,1-2H3,(H,24,29)(H3,23,25,26,27,28). The van der Waals surface area contributed by atoms with E-state index < -0.39 is 0 Å². The van der Waals surface area contributed by atoms with Crippen LogP contribution in [0.2, 0.25) is 0 Å². The first-order valence-electron chi connectivity index (χ1n) is 9.52. The molecule has 4 N–H and O–H groups in total. The molecule has 0 unspecified atom stereocenters.